The van der Waals surface area contributed by atoms with E-state index in [2.05, 4.69) is 52.6 Å². The van der Waals surface area contributed by atoms with Crippen molar-refractivity contribution in [2.75, 3.05) is 26.1 Å². The molecular weight excluding hydrogens is 410 g/mol. The van der Waals surface area contributed by atoms with E-state index in [4.69, 9.17) is 9.47 Å². The first-order chi connectivity index (χ1) is 12.3. The number of alkyl halides is 1. The number of hydrogen-bond acceptors (Lipinski definition) is 4. The van der Waals surface area contributed by atoms with Crippen LogP contribution in [0.2, 0.25) is 19.6 Å². The zero-order valence-corrected chi connectivity index (χ0v) is 19.1. The molecular formula is C20H30BrNO3Si. The number of unbranched alkanes of at least 4 members (excludes halogenated alkanes) is 1. The molecule has 144 valence electrons. The number of allylic oxidation sites excluding steroid dienone is 1. The third-order valence-electron chi connectivity index (χ3n) is 4.77. The van der Waals surface area contributed by atoms with Crippen molar-refractivity contribution in [3.8, 4) is 11.5 Å². The lowest BCUT2D eigenvalue weighted by Gasteiger charge is -2.36. The molecule has 0 saturated carbocycles. The van der Waals surface area contributed by atoms with E-state index < -0.39 is 8.07 Å². The zero-order valence-electron chi connectivity index (χ0n) is 16.5. The number of nitrogens with zero attached hydrogens (tertiary/aromatic N) is 1. The van der Waals surface area contributed by atoms with Crippen LogP contribution in [0.5, 0.6) is 11.5 Å². The Morgan fingerprint density at radius 3 is 2.38 bits per heavy atom. The number of hydrogen-bond donors (Lipinski definition) is 0. The molecule has 0 aromatic heterocycles. The summed E-state index contributed by atoms with van der Waals surface area (Å²) >= 11 is 3.50. The second kappa shape index (κ2) is 9.09. The zero-order chi connectivity index (χ0) is 19.3. The number of methoxy groups -OCH3 is 2. The topological polar surface area (TPSA) is 38.8 Å². The molecule has 0 saturated heterocycles. The maximum Gasteiger partial charge on any atom is 0.161 e. The summed E-state index contributed by atoms with van der Waals surface area (Å²) in [6.07, 6.45) is 6.40. The smallest absolute Gasteiger partial charge is 0.161 e. The summed E-state index contributed by atoms with van der Waals surface area (Å²) in [5.41, 5.74) is 1.21. The van der Waals surface area contributed by atoms with E-state index in [9.17, 15) is 4.79 Å². The molecule has 1 aliphatic heterocycles. The van der Waals surface area contributed by atoms with Crippen LogP contribution < -0.4 is 14.7 Å². The van der Waals surface area contributed by atoms with Gasteiger partial charge in [0, 0.05) is 24.5 Å². The number of benzene rings is 1. The Labute approximate surface area is 166 Å². The van der Waals surface area contributed by atoms with Gasteiger partial charge in [-0.3, -0.25) is 4.79 Å². The quantitative estimate of drug-likeness (QED) is 0.344. The third kappa shape index (κ3) is 4.91. The summed E-state index contributed by atoms with van der Waals surface area (Å²) in [5, 5.41) is 2.33. The summed E-state index contributed by atoms with van der Waals surface area (Å²) in [6, 6.07) is 4.27. The predicted octanol–water partition coefficient (Wildman–Crippen LogP) is 4.25. The summed E-state index contributed by atoms with van der Waals surface area (Å²) in [5.74, 6) is 1.67. The lowest BCUT2D eigenvalue weighted by atomic mass is 9.96. The van der Waals surface area contributed by atoms with Crippen LogP contribution in [-0.4, -0.2) is 44.9 Å². The number of ether oxygens (including phenoxy) is 2. The summed E-state index contributed by atoms with van der Waals surface area (Å²) in [7, 11) is 1.69. The van der Waals surface area contributed by atoms with Crippen molar-refractivity contribution < 1.29 is 14.3 Å². The molecule has 2 rings (SSSR count). The summed E-state index contributed by atoms with van der Waals surface area (Å²) < 4.78 is 11.1. The van der Waals surface area contributed by atoms with Gasteiger partial charge in [0.2, 0.25) is 0 Å². The predicted molar refractivity (Wildman–Crippen MR) is 114 cm³/mol. The van der Waals surface area contributed by atoms with Crippen LogP contribution in [-0.2, 0) is 4.79 Å². The molecule has 26 heavy (non-hydrogen) atoms. The van der Waals surface area contributed by atoms with Crippen molar-refractivity contribution in [3.63, 3.8) is 0 Å². The maximum absolute atomic E-state index is 12.2. The number of rotatable bonds is 8. The Balaban J connectivity index is 2.51. The van der Waals surface area contributed by atoms with E-state index >= 15 is 0 Å². The first kappa shape index (κ1) is 21.0. The normalized spacial score (nSPS) is 17.5. The minimum absolute atomic E-state index is 0.0596. The second-order valence-corrected chi connectivity index (χ2v) is 13.5. The molecule has 1 atom stereocenters. The van der Waals surface area contributed by atoms with Gasteiger partial charge in [0.25, 0.3) is 0 Å². The average Bonchev–Trinajstić information content (AvgIpc) is 2.61. The van der Waals surface area contributed by atoms with Crippen molar-refractivity contribution in [1.82, 2.24) is 4.90 Å². The van der Waals surface area contributed by atoms with E-state index in [0.717, 1.165) is 36.2 Å². The fourth-order valence-electron chi connectivity index (χ4n) is 3.39. The Hall–Kier alpha value is -1.27. The highest BCUT2D eigenvalue weighted by Crippen LogP contribution is 2.35. The molecule has 0 bridgehead atoms. The van der Waals surface area contributed by atoms with Crippen molar-refractivity contribution in [3.05, 3.63) is 30.0 Å². The number of carbonyl (C=O) groups is 1. The van der Waals surface area contributed by atoms with E-state index in [-0.39, 0.29) is 11.8 Å². The molecule has 6 heteroatoms. The van der Waals surface area contributed by atoms with Gasteiger partial charge in [0.15, 0.2) is 17.3 Å². The van der Waals surface area contributed by atoms with E-state index in [1.807, 2.05) is 6.20 Å². The fourth-order valence-corrected chi connectivity index (χ4v) is 5.45. The number of halogens is 1. The maximum atomic E-state index is 12.2. The van der Waals surface area contributed by atoms with Crippen molar-refractivity contribution in [2.24, 2.45) is 0 Å². The van der Waals surface area contributed by atoms with Crippen LogP contribution in [0.25, 0.3) is 0 Å². The lowest BCUT2D eigenvalue weighted by Crippen LogP contribution is -2.43. The van der Waals surface area contributed by atoms with Crippen molar-refractivity contribution in [1.29, 1.82) is 0 Å². The first-order valence-corrected chi connectivity index (χ1v) is 13.7. The van der Waals surface area contributed by atoms with E-state index in [0.29, 0.717) is 6.42 Å². The molecule has 1 aliphatic rings. The van der Waals surface area contributed by atoms with E-state index in [1.54, 1.807) is 20.3 Å². The monoisotopic (exact) mass is 439 g/mol. The standard InChI is InChI=1S/C20H30BrNO3Si/c1-24-18-13-16(20(26(3,4)5)14-19(18)25-2)17-12-15(23)8-11-22(17)10-7-6-9-21/h8,11,13-14,17H,6-7,9-10,12H2,1-5H3/t17-/m0/s1. The van der Waals surface area contributed by atoms with Crippen molar-refractivity contribution in [2.45, 2.75) is 44.9 Å². The molecule has 1 heterocycles. The Morgan fingerprint density at radius 1 is 1.15 bits per heavy atom. The fraction of sp³-hybridized carbons (Fsp3) is 0.550. The van der Waals surface area contributed by atoms with Gasteiger partial charge in [-0.25, -0.2) is 0 Å². The first-order valence-electron chi connectivity index (χ1n) is 9.11. The lowest BCUT2D eigenvalue weighted by molar-refractivity contribution is -0.116. The van der Waals surface area contributed by atoms with Crippen LogP contribution in [0, 0.1) is 0 Å². The van der Waals surface area contributed by atoms with E-state index in [1.165, 1.54) is 10.8 Å². The molecule has 4 nitrogen and oxygen atoms in total. The molecule has 1 aromatic carbocycles. The van der Waals surface area contributed by atoms with Crippen LogP contribution in [0.3, 0.4) is 0 Å². The Kier molecular flexibility index (Phi) is 7.35. The molecule has 0 amide bonds. The van der Waals surface area contributed by atoms with Crippen LogP contribution >= 0.6 is 15.9 Å². The van der Waals surface area contributed by atoms with Crippen LogP contribution in [0.15, 0.2) is 24.4 Å². The van der Waals surface area contributed by atoms with Gasteiger partial charge in [-0.1, -0.05) is 40.8 Å². The Morgan fingerprint density at radius 2 is 1.81 bits per heavy atom. The second-order valence-electron chi connectivity index (χ2n) is 7.68. The summed E-state index contributed by atoms with van der Waals surface area (Å²) in [6.45, 7) is 7.92. The van der Waals surface area contributed by atoms with Gasteiger partial charge >= 0.3 is 0 Å². The highest BCUT2D eigenvalue weighted by molar-refractivity contribution is 9.09. The van der Waals surface area contributed by atoms with Gasteiger partial charge in [0.1, 0.15) is 0 Å². The molecule has 0 spiro atoms. The van der Waals surface area contributed by atoms with Gasteiger partial charge in [-0.05, 0) is 36.6 Å². The number of carbonyl (C=O) groups excluding carboxylic acids is 1. The molecule has 1 aromatic rings. The summed E-state index contributed by atoms with van der Waals surface area (Å²) in [4.78, 5) is 14.5. The highest BCUT2D eigenvalue weighted by atomic mass is 79.9. The van der Waals surface area contributed by atoms with Crippen LogP contribution in [0.4, 0.5) is 0 Å². The largest absolute Gasteiger partial charge is 0.493 e. The molecule has 0 unspecified atom stereocenters. The van der Waals surface area contributed by atoms with Gasteiger partial charge in [-0.15, -0.1) is 0 Å². The third-order valence-corrected chi connectivity index (χ3v) is 7.38. The van der Waals surface area contributed by atoms with Crippen LogP contribution in [0.1, 0.15) is 30.9 Å². The van der Waals surface area contributed by atoms with Gasteiger partial charge in [-0.2, -0.15) is 0 Å². The molecule has 0 fully saturated rings. The van der Waals surface area contributed by atoms with Gasteiger partial charge < -0.3 is 14.4 Å². The minimum atomic E-state index is -1.64. The SMILES string of the molecule is COc1cc([C@@H]2CC(=O)C=CN2CCCCBr)c([Si](C)(C)C)cc1OC. The molecule has 0 N–H and O–H groups in total. The van der Waals surface area contributed by atoms with Crippen molar-refractivity contribution >= 4 is 35.0 Å². The molecule has 0 aliphatic carbocycles. The van der Waals surface area contributed by atoms with Gasteiger partial charge in [0.05, 0.1) is 28.3 Å². The Bertz CT molecular complexity index is 670. The minimum Gasteiger partial charge on any atom is -0.493 e. The number of ketones is 1. The highest BCUT2D eigenvalue weighted by Gasteiger charge is 2.31. The average molecular weight is 440 g/mol. The molecule has 0 radical (unpaired) electrons.